The van der Waals surface area contributed by atoms with Gasteiger partial charge in [-0.15, -0.1) is 0 Å². The average Bonchev–Trinajstić information content (AvgIpc) is 3.19. The van der Waals surface area contributed by atoms with E-state index in [9.17, 15) is 18.8 Å². The Morgan fingerprint density at radius 3 is 2.57 bits per heavy atom. The van der Waals surface area contributed by atoms with Crippen molar-refractivity contribution in [3.8, 4) is 0 Å². The van der Waals surface area contributed by atoms with Gasteiger partial charge in [-0.25, -0.2) is 14.3 Å². The average molecular weight is 493 g/mol. The summed E-state index contributed by atoms with van der Waals surface area (Å²) in [6.45, 7) is 0. The third-order valence-corrected chi connectivity index (χ3v) is 7.33. The number of nitrogens with one attached hydrogen (secondary N) is 1. The van der Waals surface area contributed by atoms with Crippen molar-refractivity contribution in [1.29, 1.82) is 0 Å². The first kappa shape index (κ1) is 23.4. The van der Waals surface area contributed by atoms with E-state index in [1.165, 1.54) is 35.6 Å². The number of rotatable bonds is 6. The third-order valence-electron chi connectivity index (χ3n) is 6.40. The Kier molecular flexibility index (Phi) is 6.77. The van der Waals surface area contributed by atoms with Crippen molar-refractivity contribution in [2.24, 2.45) is 9.98 Å². The number of amides is 2. The van der Waals surface area contributed by atoms with E-state index in [0.29, 0.717) is 27.8 Å². The van der Waals surface area contributed by atoms with Gasteiger partial charge in [0.25, 0.3) is 5.91 Å². The first-order valence-corrected chi connectivity index (χ1v) is 12.8. The van der Waals surface area contributed by atoms with E-state index in [4.69, 9.17) is 0 Å². The summed E-state index contributed by atoms with van der Waals surface area (Å²) in [6, 6.07) is 12.0. The molecule has 1 N–H and O–H groups in total. The van der Waals surface area contributed by atoms with E-state index < -0.39 is 11.9 Å². The lowest BCUT2D eigenvalue weighted by Gasteiger charge is -2.25. The first-order valence-electron chi connectivity index (χ1n) is 11.8. The quantitative estimate of drug-likeness (QED) is 0.611. The van der Waals surface area contributed by atoms with Gasteiger partial charge >= 0.3 is 0 Å². The zero-order valence-electron chi connectivity index (χ0n) is 19.1. The summed E-state index contributed by atoms with van der Waals surface area (Å²) < 4.78 is 13.2. The zero-order chi connectivity index (χ0) is 24.4. The molecule has 0 unspecified atom stereocenters. The van der Waals surface area contributed by atoms with Gasteiger partial charge in [0.1, 0.15) is 17.7 Å². The molecule has 0 bridgehead atoms. The lowest BCUT2D eigenvalue weighted by atomic mass is 9.95. The molecule has 1 atom stereocenters. The molecule has 2 amide bonds. The Balaban J connectivity index is 1.33. The van der Waals surface area contributed by atoms with Crippen molar-refractivity contribution in [3.05, 3.63) is 65.5 Å². The molecule has 1 aliphatic carbocycles. The van der Waals surface area contributed by atoms with Crippen molar-refractivity contribution in [1.82, 2.24) is 10.2 Å². The topological polar surface area (TPSA) is 91.2 Å². The number of hydrogen-bond acceptors (Lipinski definition) is 6. The highest BCUT2D eigenvalue weighted by molar-refractivity contribution is 8.14. The van der Waals surface area contributed by atoms with E-state index in [-0.39, 0.29) is 35.8 Å². The largest absolute Gasteiger partial charge is 0.353 e. The van der Waals surface area contributed by atoms with Crippen molar-refractivity contribution in [2.45, 2.75) is 50.6 Å². The molecule has 0 spiro atoms. The number of aliphatic imine (C=N–C) groups is 2. The Hall–Kier alpha value is -3.33. The minimum Gasteiger partial charge on any atom is -0.353 e. The molecule has 2 heterocycles. The Morgan fingerprint density at radius 2 is 1.80 bits per heavy atom. The molecule has 3 aliphatic rings. The lowest BCUT2D eigenvalue weighted by Crippen LogP contribution is -2.43. The minimum absolute atomic E-state index is 0.0239. The van der Waals surface area contributed by atoms with Crippen LogP contribution in [0.2, 0.25) is 0 Å². The normalized spacial score (nSPS) is 19.5. The van der Waals surface area contributed by atoms with Gasteiger partial charge in [-0.05, 0) is 49.2 Å². The van der Waals surface area contributed by atoms with Crippen LogP contribution in [0.4, 0.5) is 10.1 Å². The second-order valence-corrected chi connectivity index (χ2v) is 9.82. The Labute approximate surface area is 206 Å². The van der Waals surface area contributed by atoms with Gasteiger partial charge in [-0.1, -0.05) is 43.2 Å². The van der Waals surface area contributed by atoms with Gasteiger partial charge in [-0.2, -0.15) is 0 Å². The van der Waals surface area contributed by atoms with Crippen LogP contribution >= 0.6 is 11.8 Å². The summed E-state index contributed by atoms with van der Waals surface area (Å²) >= 11 is 1.13. The zero-order valence-corrected chi connectivity index (χ0v) is 19.9. The maximum Gasteiger partial charge on any atom is 0.259 e. The molecule has 0 saturated heterocycles. The number of amidine groups is 2. The van der Waals surface area contributed by atoms with Crippen LogP contribution in [-0.2, 0) is 9.59 Å². The summed E-state index contributed by atoms with van der Waals surface area (Å²) in [5.41, 5.74) is 1.75. The van der Waals surface area contributed by atoms with Gasteiger partial charge < -0.3 is 5.32 Å². The Bertz CT molecular complexity index is 1220. The van der Waals surface area contributed by atoms with Crippen LogP contribution in [-0.4, -0.2) is 51.3 Å². The predicted molar refractivity (Wildman–Crippen MR) is 134 cm³/mol. The van der Waals surface area contributed by atoms with Crippen LogP contribution in [0.1, 0.15) is 54.4 Å². The van der Waals surface area contributed by atoms with Gasteiger partial charge in [0.2, 0.25) is 5.91 Å². The molecule has 35 heavy (non-hydrogen) atoms. The smallest absolute Gasteiger partial charge is 0.259 e. The van der Waals surface area contributed by atoms with Gasteiger partial charge in [0.05, 0.1) is 17.9 Å². The number of fused-ring (bicyclic) bond motifs is 3. The molecule has 1 saturated carbocycles. The molecule has 2 aromatic rings. The van der Waals surface area contributed by atoms with Crippen molar-refractivity contribution >= 4 is 46.1 Å². The van der Waals surface area contributed by atoms with Gasteiger partial charge in [-0.3, -0.25) is 19.4 Å². The molecule has 5 rings (SSSR count). The summed E-state index contributed by atoms with van der Waals surface area (Å²) in [5, 5.41) is 3.40. The number of hydrogen-bond donors (Lipinski definition) is 1. The molecule has 1 fully saturated rings. The molecule has 2 aromatic carbocycles. The molecule has 2 aliphatic heterocycles. The SMILES string of the molecule is O=C(C[C@H]1N=C2c3ccccc3N=C(SCC(=O)c3ccc(F)cc3)N2C1=O)NC1CCCCC1. The standard InChI is InChI=1S/C26H25FN4O3S/c27-17-12-10-16(11-13-17)22(32)15-35-26-30-20-9-5-4-8-19(20)24-29-21(25(34)31(24)26)14-23(33)28-18-6-2-1-3-7-18/h4-5,8-13,18,21H,1-3,6-7,14-15H2,(H,28,33)/t21-/m1/s1. The number of nitrogens with zero attached hydrogens (tertiary/aromatic N) is 3. The monoisotopic (exact) mass is 492 g/mol. The fourth-order valence-corrected chi connectivity index (χ4v) is 5.49. The van der Waals surface area contributed by atoms with Gasteiger partial charge in [0, 0.05) is 17.2 Å². The highest BCUT2D eigenvalue weighted by atomic mass is 32.2. The highest BCUT2D eigenvalue weighted by Gasteiger charge is 2.42. The molecule has 7 nitrogen and oxygen atoms in total. The number of Topliss-reactive ketones (excluding diaryl/α,β-unsaturated/α-hetero) is 1. The number of halogens is 1. The molecule has 180 valence electrons. The van der Waals surface area contributed by atoms with Crippen molar-refractivity contribution in [3.63, 3.8) is 0 Å². The number of carbonyl (C=O) groups excluding carboxylic acids is 3. The second-order valence-electron chi connectivity index (χ2n) is 8.88. The highest BCUT2D eigenvalue weighted by Crippen LogP contribution is 2.34. The first-order chi connectivity index (χ1) is 17.0. The van der Waals surface area contributed by atoms with E-state index in [1.54, 1.807) is 0 Å². The van der Waals surface area contributed by atoms with Crippen LogP contribution in [0, 0.1) is 5.82 Å². The predicted octanol–water partition coefficient (Wildman–Crippen LogP) is 4.24. The summed E-state index contributed by atoms with van der Waals surface area (Å²) in [6.07, 6.45) is 5.31. The van der Waals surface area contributed by atoms with Crippen LogP contribution in [0.5, 0.6) is 0 Å². The fraction of sp³-hybridized carbons (Fsp3) is 0.346. The van der Waals surface area contributed by atoms with E-state index >= 15 is 0 Å². The lowest BCUT2D eigenvalue weighted by molar-refractivity contribution is -0.129. The molecular weight excluding hydrogens is 467 g/mol. The summed E-state index contributed by atoms with van der Waals surface area (Å²) in [5.74, 6) is -0.641. The molecular formula is C26H25FN4O3S. The summed E-state index contributed by atoms with van der Waals surface area (Å²) in [7, 11) is 0. The van der Waals surface area contributed by atoms with Crippen LogP contribution in [0.3, 0.4) is 0 Å². The summed E-state index contributed by atoms with van der Waals surface area (Å²) in [4.78, 5) is 49.3. The van der Waals surface area contributed by atoms with E-state index in [0.717, 1.165) is 37.4 Å². The van der Waals surface area contributed by atoms with Crippen molar-refractivity contribution in [2.75, 3.05) is 5.75 Å². The maximum atomic E-state index is 13.4. The van der Waals surface area contributed by atoms with Crippen molar-refractivity contribution < 1.29 is 18.8 Å². The van der Waals surface area contributed by atoms with Crippen LogP contribution < -0.4 is 5.32 Å². The minimum atomic E-state index is -0.835. The van der Waals surface area contributed by atoms with E-state index in [1.807, 2.05) is 24.3 Å². The van der Waals surface area contributed by atoms with E-state index in [2.05, 4.69) is 15.3 Å². The van der Waals surface area contributed by atoms with Gasteiger partial charge in [0.15, 0.2) is 11.0 Å². The molecule has 0 aromatic heterocycles. The molecule has 0 radical (unpaired) electrons. The fourth-order valence-electron chi connectivity index (χ4n) is 4.59. The Morgan fingerprint density at radius 1 is 1.06 bits per heavy atom. The number of para-hydroxylation sites is 1. The van der Waals surface area contributed by atoms with Crippen LogP contribution in [0.15, 0.2) is 58.5 Å². The maximum absolute atomic E-state index is 13.4. The third kappa shape index (κ3) is 5.05. The number of ketones is 1. The number of carbonyl (C=O) groups is 3. The van der Waals surface area contributed by atoms with Crippen LogP contribution in [0.25, 0.3) is 0 Å². The number of benzene rings is 2. The molecule has 9 heteroatoms. The number of thioether (sulfide) groups is 1. The second kappa shape index (κ2) is 10.1.